The zero-order valence-corrected chi connectivity index (χ0v) is 18.9. The fraction of sp³-hybridized carbons (Fsp3) is 0.208. The smallest absolute Gasteiger partial charge is 0.340 e. The van der Waals surface area contributed by atoms with Crippen LogP contribution in [0.25, 0.3) is 0 Å². The first-order valence-electron chi connectivity index (χ1n) is 10.1. The maximum absolute atomic E-state index is 12.7. The summed E-state index contributed by atoms with van der Waals surface area (Å²) in [6.45, 7) is 5.90. The van der Waals surface area contributed by atoms with E-state index in [0.29, 0.717) is 22.9 Å². The summed E-state index contributed by atoms with van der Waals surface area (Å²) in [5.41, 5.74) is 3.60. The summed E-state index contributed by atoms with van der Waals surface area (Å²) in [6, 6.07) is 14.9. The van der Waals surface area contributed by atoms with Gasteiger partial charge in [-0.15, -0.1) is 11.3 Å². The maximum atomic E-state index is 12.7. The van der Waals surface area contributed by atoms with Gasteiger partial charge in [0.15, 0.2) is 5.13 Å². The van der Waals surface area contributed by atoms with Crippen LogP contribution in [0, 0.1) is 13.8 Å². The molecular weight excluding hydrogens is 426 g/mol. The Labute approximate surface area is 189 Å². The molecule has 32 heavy (non-hydrogen) atoms. The number of carbonyl (C=O) groups is 2. The molecule has 0 spiro atoms. The molecule has 164 valence electrons. The molecule has 0 N–H and O–H groups in total. The Morgan fingerprint density at radius 3 is 2.62 bits per heavy atom. The Balaban J connectivity index is 1.45. The lowest BCUT2D eigenvalue weighted by atomic mass is 10.2. The summed E-state index contributed by atoms with van der Waals surface area (Å²) in [6.07, 6.45) is 1.63. The molecule has 3 aromatic heterocycles. The molecule has 8 heteroatoms. The van der Waals surface area contributed by atoms with E-state index >= 15 is 0 Å². The number of rotatable bonds is 7. The van der Waals surface area contributed by atoms with Crippen molar-refractivity contribution in [2.24, 2.45) is 0 Å². The quantitative estimate of drug-likeness (QED) is 0.360. The van der Waals surface area contributed by atoms with Gasteiger partial charge in [0.1, 0.15) is 12.4 Å². The zero-order valence-electron chi connectivity index (χ0n) is 18.1. The van der Waals surface area contributed by atoms with Crippen molar-refractivity contribution in [2.75, 3.05) is 4.90 Å². The predicted octanol–water partition coefficient (Wildman–Crippen LogP) is 5.24. The Bertz CT molecular complexity index is 1230. The first-order chi connectivity index (χ1) is 15.4. The summed E-state index contributed by atoms with van der Waals surface area (Å²) in [5.74, 6) is 0.262. The molecule has 1 amide bonds. The normalized spacial score (nSPS) is 10.8. The number of anilines is 2. The molecule has 3 heterocycles. The lowest BCUT2D eigenvalue weighted by Crippen LogP contribution is -2.22. The Morgan fingerprint density at radius 2 is 1.94 bits per heavy atom. The third-order valence-electron chi connectivity index (χ3n) is 5.10. The van der Waals surface area contributed by atoms with Crippen molar-refractivity contribution in [3.8, 4) is 0 Å². The van der Waals surface area contributed by atoms with Crippen LogP contribution >= 0.6 is 11.3 Å². The molecule has 0 aliphatic heterocycles. The van der Waals surface area contributed by atoms with Crippen molar-refractivity contribution >= 4 is 34.0 Å². The average molecular weight is 450 g/mol. The minimum atomic E-state index is -0.412. The van der Waals surface area contributed by atoms with Crippen molar-refractivity contribution in [1.29, 1.82) is 0 Å². The van der Waals surface area contributed by atoms with E-state index in [2.05, 4.69) is 4.98 Å². The van der Waals surface area contributed by atoms with Crippen LogP contribution in [0.1, 0.15) is 40.1 Å². The first kappa shape index (κ1) is 21.6. The number of furan rings is 1. The molecule has 0 saturated carbocycles. The third kappa shape index (κ3) is 4.50. The second-order valence-electron chi connectivity index (χ2n) is 7.34. The molecule has 0 saturated heterocycles. The van der Waals surface area contributed by atoms with Crippen molar-refractivity contribution < 1.29 is 18.7 Å². The summed E-state index contributed by atoms with van der Waals surface area (Å²) in [4.78, 5) is 31.0. The summed E-state index contributed by atoms with van der Waals surface area (Å²) in [5, 5.41) is 2.33. The number of esters is 1. The molecule has 0 aliphatic carbocycles. The van der Waals surface area contributed by atoms with Gasteiger partial charge in [-0.2, -0.15) is 0 Å². The summed E-state index contributed by atoms with van der Waals surface area (Å²) in [7, 11) is 0. The molecule has 0 fully saturated rings. The molecular formula is C24H23N3O4S. The number of aryl methyl sites for hydroxylation is 1. The number of benzene rings is 1. The van der Waals surface area contributed by atoms with E-state index in [1.807, 2.05) is 66.9 Å². The number of ether oxygens (including phenoxy) is 1. The van der Waals surface area contributed by atoms with Gasteiger partial charge in [-0.1, -0.05) is 18.2 Å². The van der Waals surface area contributed by atoms with Crippen LogP contribution in [0.4, 0.5) is 10.8 Å². The lowest BCUT2D eigenvalue weighted by molar-refractivity contribution is -0.115. The minimum absolute atomic E-state index is 0.0255. The van der Waals surface area contributed by atoms with Crippen molar-refractivity contribution in [2.45, 2.75) is 33.9 Å². The number of hydrogen-bond donors (Lipinski definition) is 0. The van der Waals surface area contributed by atoms with Gasteiger partial charge in [0.2, 0.25) is 5.91 Å². The van der Waals surface area contributed by atoms with Gasteiger partial charge >= 0.3 is 5.97 Å². The van der Waals surface area contributed by atoms with Crippen molar-refractivity contribution in [3.63, 3.8) is 0 Å². The fourth-order valence-electron chi connectivity index (χ4n) is 3.50. The Kier molecular flexibility index (Phi) is 6.23. The number of aromatic nitrogens is 2. The van der Waals surface area contributed by atoms with Crippen LogP contribution in [0.3, 0.4) is 0 Å². The topological polar surface area (TPSA) is 77.6 Å². The molecule has 0 bridgehead atoms. The number of hydrogen-bond acceptors (Lipinski definition) is 6. The van der Waals surface area contributed by atoms with Crippen molar-refractivity contribution in [3.05, 3.63) is 88.6 Å². The maximum Gasteiger partial charge on any atom is 0.340 e. The number of carbonyl (C=O) groups excluding carboxylic acids is 2. The highest BCUT2D eigenvalue weighted by Gasteiger charge is 2.20. The number of nitrogens with zero attached hydrogens (tertiary/aromatic N) is 3. The zero-order chi connectivity index (χ0) is 22.7. The molecule has 0 atom stereocenters. The van der Waals surface area contributed by atoms with Gasteiger partial charge in [-0.05, 0) is 44.2 Å². The molecule has 0 unspecified atom stereocenters. The molecule has 1 aromatic carbocycles. The van der Waals surface area contributed by atoms with E-state index in [4.69, 9.17) is 9.15 Å². The second-order valence-corrected chi connectivity index (χ2v) is 8.17. The van der Waals surface area contributed by atoms with Crippen LogP contribution in [0.2, 0.25) is 0 Å². The van der Waals surface area contributed by atoms with Crippen molar-refractivity contribution in [1.82, 2.24) is 9.55 Å². The first-order valence-corrected chi connectivity index (χ1v) is 11.0. The monoisotopic (exact) mass is 449 g/mol. The van der Waals surface area contributed by atoms with E-state index in [-0.39, 0.29) is 12.5 Å². The van der Waals surface area contributed by atoms with E-state index in [9.17, 15) is 9.59 Å². The fourth-order valence-corrected chi connectivity index (χ4v) is 4.37. The van der Waals surface area contributed by atoms with Gasteiger partial charge in [-0.25, -0.2) is 9.78 Å². The molecule has 7 nitrogen and oxygen atoms in total. The van der Waals surface area contributed by atoms with Crippen LogP contribution < -0.4 is 4.90 Å². The number of thiazole rings is 1. The summed E-state index contributed by atoms with van der Waals surface area (Å²) < 4.78 is 13.0. The van der Waals surface area contributed by atoms with E-state index in [1.165, 1.54) is 23.2 Å². The van der Waals surface area contributed by atoms with Crippen LogP contribution in [-0.2, 0) is 22.7 Å². The average Bonchev–Trinajstić information content (AvgIpc) is 3.51. The lowest BCUT2D eigenvalue weighted by Gasteiger charge is -2.17. The Hall–Kier alpha value is -3.65. The molecule has 0 radical (unpaired) electrons. The van der Waals surface area contributed by atoms with Crippen LogP contribution in [0.5, 0.6) is 0 Å². The predicted molar refractivity (Wildman–Crippen MR) is 122 cm³/mol. The second kappa shape index (κ2) is 9.23. The molecule has 0 aliphatic rings. The molecule has 4 rings (SSSR count). The highest BCUT2D eigenvalue weighted by atomic mass is 32.1. The third-order valence-corrected chi connectivity index (χ3v) is 5.97. The van der Waals surface area contributed by atoms with Gasteiger partial charge < -0.3 is 13.7 Å². The van der Waals surface area contributed by atoms with E-state index in [1.54, 1.807) is 11.6 Å². The van der Waals surface area contributed by atoms with Gasteiger partial charge in [-0.3, -0.25) is 9.69 Å². The Morgan fingerprint density at radius 1 is 1.16 bits per heavy atom. The highest BCUT2D eigenvalue weighted by molar-refractivity contribution is 7.14. The number of amides is 1. The van der Waals surface area contributed by atoms with Gasteiger partial charge in [0.05, 0.1) is 29.8 Å². The van der Waals surface area contributed by atoms with Crippen LogP contribution in [-0.4, -0.2) is 21.4 Å². The van der Waals surface area contributed by atoms with Gasteiger partial charge in [0.25, 0.3) is 0 Å². The van der Waals surface area contributed by atoms with E-state index < -0.39 is 5.97 Å². The molecule has 4 aromatic rings. The minimum Gasteiger partial charge on any atom is -0.467 e. The summed E-state index contributed by atoms with van der Waals surface area (Å²) >= 11 is 1.33. The number of para-hydroxylation sites is 1. The highest BCUT2D eigenvalue weighted by Crippen LogP contribution is 2.29. The largest absolute Gasteiger partial charge is 0.467 e. The standard InChI is InChI=1S/C24H23N3O4S/c1-16-12-22(17(2)26(16)13-21-10-7-11-30-21)23(29)31-14-19-15-32-24(25-19)27(18(3)28)20-8-5-4-6-9-20/h4-12,15H,13-14H2,1-3H3. The van der Waals surface area contributed by atoms with E-state index in [0.717, 1.165) is 22.8 Å². The van der Waals surface area contributed by atoms with Crippen LogP contribution in [0.15, 0.2) is 64.6 Å². The van der Waals surface area contributed by atoms with Gasteiger partial charge in [0, 0.05) is 23.7 Å². The SMILES string of the molecule is CC(=O)N(c1ccccc1)c1nc(COC(=O)c2cc(C)n(Cc3ccco3)c2C)cs1.